The minimum absolute atomic E-state index is 0.0503. The van der Waals surface area contributed by atoms with E-state index in [1.807, 2.05) is 51.1 Å². The number of halogens is 2. The molecule has 0 saturated carbocycles. The third-order valence-corrected chi connectivity index (χ3v) is 9.33. The zero-order valence-corrected chi connectivity index (χ0v) is 26.3. The molecule has 4 rings (SSSR count). The Morgan fingerprint density at radius 3 is 1.96 bits per heavy atom. The van der Waals surface area contributed by atoms with Gasteiger partial charge in [-0.15, -0.1) is 0 Å². The highest BCUT2D eigenvalue weighted by molar-refractivity contribution is 7.92. The second-order valence-electron chi connectivity index (χ2n) is 11.0. The van der Waals surface area contributed by atoms with Crippen molar-refractivity contribution in [3.63, 3.8) is 0 Å². The highest BCUT2D eigenvalue weighted by Gasteiger charge is 2.35. The normalized spacial score (nSPS) is 12.6. The molecule has 10 heteroatoms. The number of nitrogens with zero attached hydrogens (tertiary/aromatic N) is 2. The highest BCUT2D eigenvalue weighted by Crippen LogP contribution is 2.26. The monoisotopic (exact) mass is 633 g/mol. The smallest absolute Gasteiger partial charge is 0.264 e. The first kappa shape index (κ1) is 33.3. The van der Waals surface area contributed by atoms with Crippen molar-refractivity contribution in [3.8, 4) is 0 Å². The number of sulfonamides is 1. The van der Waals surface area contributed by atoms with Crippen LogP contribution in [0.2, 0.25) is 0 Å². The third kappa shape index (κ3) is 8.76. The number of benzene rings is 4. The molecule has 2 amide bonds. The fourth-order valence-electron chi connectivity index (χ4n) is 4.76. The Morgan fingerprint density at radius 2 is 1.38 bits per heavy atom. The van der Waals surface area contributed by atoms with E-state index in [2.05, 4.69) is 5.32 Å². The Morgan fingerprint density at radius 1 is 0.800 bits per heavy atom. The van der Waals surface area contributed by atoms with Crippen LogP contribution in [0.3, 0.4) is 0 Å². The topological polar surface area (TPSA) is 86.8 Å². The van der Waals surface area contributed by atoms with Gasteiger partial charge in [0.05, 0.1) is 10.6 Å². The SMILES string of the molecule is CC[C@@H](C)NC(=O)[C@H](Cc1ccccc1)N(Cc1ccc(F)cc1)C(=O)CN(c1ccc(F)cc1)S(=O)(=O)c1ccc(C)cc1. The molecule has 45 heavy (non-hydrogen) atoms. The summed E-state index contributed by atoms with van der Waals surface area (Å²) in [6.45, 7) is 4.84. The first-order valence-corrected chi connectivity index (χ1v) is 16.1. The molecule has 0 aliphatic heterocycles. The summed E-state index contributed by atoms with van der Waals surface area (Å²) < 4.78 is 56.6. The minimum atomic E-state index is -4.31. The summed E-state index contributed by atoms with van der Waals surface area (Å²) in [5.41, 5.74) is 2.27. The molecule has 0 heterocycles. The van der Waals surface area contributed by atoms with Gasteiger partial charge in [0.2, 0.25) is 11.8 Å². The Bertz CT molecular complexity index is 1680. The van der Waals surface area contributed by atoms with E-state index in [9.17, 15) is 26.8 Å². The van der Waals surface area contributed by atoms with Crippen molar-refractivity contribution in [2.45, 2.75) is 57.1 Å². The van der Waals surface area contributed by atoms with E-state index < -0.39 is 46.1 Å². The molecule has 0 fully saturated rings. The molecular weight excluding hydrogens is 596 g/mol. The number of hydrogen-bond acceptors (Lipinski definition) is 4. The van der Waals surface area contributed by atoms with Gasteiger partial charge in [-0.2, -0.15) is 0 Å². The zero-order valence-electron chi connectivity index (χ0n) is 25.5. The molecule has 0 aliphatic rings. The quantitative estimate of drug-likeness (QED) is 0.195. The number of rotatable bonds is 13. The summed E-state index contributed by atoms with van der Waals surface area (Å²) >= 11 is 0. The molecule has 0 radical (unpaired) electrons. The van der Waals surface area contributed by atoms with Gasteiger partial charge in [-0.25, -0.2) is 17.2 Å². The Labute approximate surface area is 263 Å². The third-order valence-electron chi connectivity index (χ3n) is 7.54. The van der Waals surface area contributed by atoms with Gasteiger partial charge in [-0.1, -0.05) is 67.1 Å². The van der Waals surface area contributed by atoms with E-state index in [4.69, 9.17) is 0 Å². The maximum absolute atomic E-state index is 14.4. The first-order valence-electron chi connectivity index (χ1n) is 14.7. The second kappa shape index (κ2) is 14.9. The second-order valence-corrected chi connectivity index (χ2v) is 12.8. The van der Waals surface area contributed by atoms with Gasteiger partial charge in [0.25, 0.3) is 10.0 Å². The highest BCUT2D eigenvalue weighted by atomic mass is 32.2. The molecule has 0 bridgehead atoms. The van der Waals surface area contributed by atoms with Crippen LogP contribution in [-0.4, -0.2) is 43.8 Å². The summed E-state index contributed by atoms with van der Waals surface area (Å²) in [7, 11) is -4.31. The largest absolute Gasteiger partial charge is 0.352 e. The molecule has 0 unspecified atom stereocenters. The van der Waals surface area contributed by atoms with Crippen LogP contribution in [-0.2, 0) is 32.6 Å². The van der Waals surface area contributed by atoms with Gasteiger partial charge >= 0.3 is 0 Å². The molecule has 4 aromatic rings. The number of carbonyl (C=O) groups excluding carboxylic acids is 2. The lowest BCUT2D eigenvalue weighted by Gasteiger charge is -2.34. The molecular formula is C35H37F2N3O4S. The van der Waals surface area contributed by atoms with Gasteiger partial charge in [0.15, 0.2) is 0 Å². The maximum Gasteiger partial charge on any atom is 0.264 e. The Hall–Kier alpha value is -4.57. The number of amides is 2. The molecule has 4 aromatic carbocycles. The lowest BCUT2D eigenvalue weighted by atomic mass is 10.0. The zero-order chi connectivity index (χ0) is 32.6. The summed E-state index contributed by atoms with van der Waals surface area (Å²) in [6.07, 6.45) is 0.806. The van der Waals surface area contributed by atoms with E-state index >= 15 is 0 Å². The van der Waals surface area contributed by atoms with Crippen LogP contribution in [0, 0.1) is 18.6 Å². The van der Waals surface area contributed by atoms with Crippen LogP contribution < -0.4 is 9.62 Å². The minimum Gasteiger partial charge on any atom is -0.352 e. The molecule has 236 valence electrons. The van der Waals surface area contributed by atoms with Crippen molar-refractivity contribution >= 4 is 27.5 Å². The van der Waals surface area contributed by atoms with Crippen molar-refractivity contribution in [1.82, 2.24) is 10.2 Å². The number of nitrogens with one attached hydrogen (secondary N) is 1. The van der Waals surface area contributed by atoms with E-state index in [1.54, 1.807) is 12.1 Å². The predicted molar refractivity (Wildman–Crippen MR) is 171 cm³/mol. The lowest BCUT2D eigenvalue weighted by Crippen LogP contribution is -2.54. The fraction of sp³-hybridized carbons (Fsp3) is 0.257. The van der Waals surface area contributed by atoms with Crippen molar-refractivity contribution in [3.05, 3.63) is 131 Å². The van der Waals surface area contributed by atoms with Crippen LogP contribution >= 0.6 is 0 Å². The average Bonchev–Trinajstić information content (AvgIpc) is 3.03. The van der Waals surface area contributed by atoms with Crippen LogP contribution in [0.15, 0.2) is 108 Å². The number of anilines is 1. The van der Waals surface area contributed by atoms with Gasteiger partial charge < -0.3 is 10.2 Å². The lowest BCUT2D eigenvalue weighted by molar-refractivity contribution is -0.140. The summed E-state index contributed by atoms with van der Waals surface area (Å²) in [5, 5.41) is 2.97. The fourth-order valence-corrected chi connectivity index (χ4v) is 6.17. The van der Waals surface area contributed by atoms with Crippen molar-refractivity contribution in [2.75, 3.05) is 10.8 Å². The van der Waals surface area contributed by atoms with Crippen LogP contribution in [0.4, 0.5) is 14.5 Å². The van der Waals surface area contributed by atoms with Gasteiger partial charge in [0, 0.05) is 19.0 Å². The van der Waals surface area contributed by atoms with Gasteiger partial charge in [-0.05, 0) is 79.9 Å². The molecule has 0 saturated heterocycles. The van der Waals surface area contributed by atoms with Crippen LogP contribution in [0.1, 0.15) is 37.0 Å². The van der Waals surface area contributed by atoms with Crippen LogP contribution in [0.25, 0.3) is 0 Å². The standard InChI is InChI=1S/C35H37F2N3O4S/c1-4-26(3)38-35(42)33(22-27-8-6-5-7-9-27)39(23-28-12-14-29(36)15-13-28)34(41)24-40(31-18-16-30(37)17-19-31)45(43,44)32-20-10-25(2)11-21-32/h5-21,26,33H,4,22-24H2,1-3H3,(H,38,42)/t26-,33+/m1/s1. The molecule has 1 N–H and O–H groups in total. The Kier molecular flexibility index (Phi) is 11.1. The predicted octanol–water partition coefficient (Wildman–Crippen LogP) is 6.02. The van der Waals surface area contributed by atoms with Gasteiger partial charge in [-0.3, -0.25) is 13.9 Å². The van der Waals surface area contributed by atoms with Crippen molar-refractivity contribution < 1.29 is 26.8 Å². The number of carbonyl (C=O) groups is 2. The summed E-state index contributed by atoms with van der Waals surface area (Å²) in [6, 6.07) is 24.5. The van der Waals surface area contributed by atoms with E-state index in [-0.39, 0.29) is 29.6 Å². The first-order chi connectivity index (χ1) is 21.5. The van der Waals surface area contributed by atoms with Gasteiger partial charge in [0.1, 0.15) is 24.2 Å². The van der Waals surface area contributed by atoms with Crippen molar-refractivity contribution in [2.24, 2.45) is 0 Å². The van der Waals surface area contributed by atoms with E-state index in [1.165, 1.54) is 53.4 Å². The number of aryl methyl sites for hydroxylation is 1. The van der Waals surface area contributed by atoms with Crippen molar-refractivity contribution in [1.29, 1.82) is 0 Å². The number of hydrogen-bond donors (Lipinski definition) is 1. The molecule has 0 aromatic heterocycles. The van der Waals surface area contributed by atoms with Crippen LogP contribution in [0.5, 0.6) is 0 Å². The summed E-state index contributed by atoms with van der Waals surface area (Å²) in [4.78, 5) is 29.5. The molecule has 0 spiro atoms. The average molecular weight is 634 g/mol. The molecule has 2 atom stereocenters. The summed E-state index contributed by atoms with van der Waals surface area (Å²) in [5.74, 6) is -2.10. The van der Waals surface area contributed by atoms with E-state index in [0.717, 1.165) is 27.6 Å². The molecule has 0 aliphatic carbocycles. The Balaban J connectivity index is 1.80. The maximum atomic E-state index is 14.4. The molecule has 7 nitrogen and oxygen atoms in total. The van der Waals surface area contributed by atoms with E-state index in [0.29, 0.717) is 12.0 Å².